The maximum absolute atomic E-state index is 0. The Morgan fingerprint density at radius 3 is 0.800 bits per heavy atom. The molecule has 0 amide bonds. The van der Waals surface area contributed by atoms with Gasteiger partial charge in [0, 0.05) is 53.6 Å². The van der Waals surface area contributed by atoms with Crippen LogP contribution in [0.1, 0.15) is 0 Å². The molecule has 0 heterocycles. The smallest absolute Gasteiger partial charge is 0 e. The van der Waals surface area contributed by atoms with E-state index in [4.69, 9.17) is 0 Å². The average Bonchev–Trinajstić information content (AvgIpc) is 0. The summed E-state index contributed by atoms with van der Waals surface area (Å²) in [5.41, 5.74) is 0. The standard InChI is InChI=1S/2Cu.H2S.Sn.Zn.2H/h;;1H2;;;;. The van der Waals surface area contributed by atoms with Crippen LogP contribution in [0, 0.1) is 0 Å². The molecule has 4 radical (unpaired) electrons. The van der Waals surface area contributed by atoms with Crippen LogP contribution in [0.2, 0.25) is 0 Å². The summed E-state index contributed by atoms with van der Waals surface area (Å²) in [5, 5.41) is 0. The van der Waals surface area contributed by atoms with Crippen molar-refractivity contribution in [2.75, 3.05) is 0 Å². The molecule has 0 aliphatic heterocycles. The molecule has 0 fully saturated rings. The molecule has 38 valence electrons. The van der Waals surface area contributed by atoms with E-state index in [1.807, 2.05) is 0 Å². The van der Waals surface area contributed by atoms with Crippen LogP contribution >= 0.6 is 13.5 Å². The molecule has 0 saturated carbocycles. The van der Waals surface area contributed by atoms with Crippen molar-refractivity contribution in [3.05, 3.63) is 0 Å². The third kappa shape index (κ3) is 20.0. The van der Waals surface area contributed by atoms with Gasteiger partial charge in [-0.05, 0) is 0 Å². The van der Waals surface area contributed by atoms with E-state index in [0.29, 0.717) is 0 Å². The minimum atomic E-state index is 0. The van der Waals surface area contributed by atoms with E-state index in [9.17, 15) is 0 Å². The molecule has 0 aromatic carbocycles. The Labute approximate surface area is 89.7 Å². The van der Waals surface area contributed by atoms with Gasteiger partial charge >= 0.3 is 23.9 Å². The van der Waals surface area contributed by atoms with Crippen molar-refractivity contribution in [2.45, 2.75) is 0 Å². The van der Waals surface area contributed by atoms with Crippen LogP contribution in [0.15, 0.2) is 0 Å². The van der Waals surface area contributed by atoms with Crippen LogP contribution in [-0.2, 0) is 53.6 Å². The van der Waals surface area contributed by atoms with Gasteiger partial charge in [-0.15, -0.1) is 0 Å². The van der Waals surface area contributed by atoms with Gasteiger partial charge in [-0.1, -0.05) is 0 Å². The maximum atomic E-state index is 0. The SMILES string of the molecule is S.[Cu].[Cu].[SnH2].[Zn]. The van der Waals surface area contributed by atoms with E-state index in [-0.39, 0.29) is 91.0 Å². The largest absolute Gasteiger partial charge is 0 e. The van der Waals surface area contributed by atoms with Gasteiger partial charge < -0.3 is 0 Å². The maximum Gasteiger partial charge on any atom is 0 e. The fraction of sp³-hybridized carbons (Fsp3) is 0. The zero-order valence-electron chi connectivity index (χ0n) is 2.52. The van der Waals surface area contributed by atoms with Crippen LogP contribution in [0.5, 0.6) is 0 Å². The van der Waals surface area contributed by atoms with Gasteiger partial charge in [-0.25, -0.2) is 0 Å². The van der Waals surface area contributed by atoms with Crippen LogP contribution in [0.25, 0.3) is 0 Å². The van der Waals surface area contributed by atoms with Crippen molar-refractivity contribution in [1.29, 1.82) is 0 Å². The molecular weight excluding hydrogens is 343 g/mol. The number of hydrogen-bond donors (Lipinski definition) is 0. The minimum Gasteiger partial charge on any atom is 0 e. The van der Waals surface area contributed by atoms with Crippen molar-refractivity contribution in [3.63, 3.8) is 0 Å². The second-order valence-electron chi connectivity index (χ2n) is 0. The Hall–Kier alpha value is 2.81. The first-order valence-electron chi connectivity index (χ1n) is 0. The Morgan fingerprint density at radius 2 is 0.800 bits per heavy atom. The van der Waals surface area contributed by atoms with E-state index < -0.39 is 0 Å². The number of rotatable bonds is 0. The van der Waals surface area contributed by atoms with E-state index in [0.717, 1.165) is 0 Å². The van der Waals surface area contributed by atoms with Gasteiger partial charge in [0.25, 0.3) is 0 Å². The summed E-state index contributed by atoms with van der Waals surface area (Å²) in [7, 11) is 0. The summed E-state index contributed by atoms with van der Waals surface area (Å²) in [5.74, 6) is 0. The van der Waals surface area contributed by atoms with Crippen molar-refractivity contribution >= 4 is 37.4 Å². The molecule has 0 aliphatic carbocycles. The quantitative estimate of drug-likeness (QED) is 0.503. The van der Waals surface area contributed by atoms with Crippen LogP contribution < -0.4 is 0 Å². The molecular formula is H4Cu2SSnZn. The molecule has 0 nitrogen and oxygen atoms in total. The second kappa shape index (κ2) is 29.1. The zero-order chi connectivity index (χ0) is 0. The van der Waals surface area contributed by atoms with Gasteiger partial charge in [0.1, 0.15) is 0 Å². The van der Waals surface area contributed by atoms with Crippen LogP contribution in [-0.4, -0.2) is 23.9 Å². The normalized spacial score (nSPS) is 0. The first-order valence-corrected chi connectivity index (χ1v) is 0. The molecule has 0 saturated heterocycles. The molecule has 0 N–H and O–H groups in total. The molecule has 0 aromatic heterocycles. The summed E-state index contributed by atoms with van der Waals surface area (Å²) in [6.45, 7) is 0. The number of hydrogen-bond acceptors (Lipinski definition) is 0. The molecule has 0 aromatic rings. The minimum absolute atomic E-state index is 0. The third-order valence-electron chi connectivity index (χ3n) is 0. The van der Waals surface area contributed by atoms with Crippen molar-refractivity contribution in [3.8, 4) is 0 Å². The monoisotopic (exact) mass is 346 g/mol. The summed E-state index contributed by atoms with van der Waals surface area (Å²) in [6, 6.07) is 0. The average molecular weight is 347 g/mol. The van der Waals surface area contributed by atoms with Gasteiger partial charge in [0.2, 0.25) is 0 Å². The molecule has 0 aliphatic rings. The fourth-order valence-corrected chi connectivity index (χ4v) is 0. The first kappa shape index (κ1) is 45.9. The molecule has 5 heavy (non-hydrogen) atoms. The van der Waals surface area contributed by atoms with E-state index in [1.165, 1.54) is 0 Å². The van der Waals surface area contributed by atoms with Gasteiger partial charge in [0.05, 0.1) is 0 Å². The molecule has 0 spiro atoms. The van der Waals surface area contributed by atoms with Gasteiger partial charge in [-0.2, -0.15) is 13.5 Å². The van der Waals surface area contributed by atoms with E-state index in [2.05, 4.69) is 0 Å². The van der Waals surface area contributed by atoms with Gasteiger partial charge in [0.15, 0.2) is 0 Å². The first-order chi connectivity index (χ1) is 0. The Morgan fingerprint density at radius 1 is 0.800 bits per heavy atom. The fourth-order valence-electron chi connectivity index (χ4n) is 0. The van der Waals surface area contributed by atoms with E-state index >= 15 is 0 Å². The summed E-state index contributed by atoms with van der Waals surface area (Å²) in [4.78, 5) is 0. The van der Waals surface area contributed by atoms with Gasteiger partial charge in [-0.3, -0.25) is 0 Å². The zero-order valence-corrected chi connectivity index (χ0v) is 12.4. The molecule has 0 atom stereocenters. The second-order valence-corrected chi connectivity index (χ2v) is 0. The molecule has 0 rings (SSSR count). The topological polar surface area (TPSA) is 0 Å². The van der Waals surface area contributed by atoms with Crippen molar-refractivity contribution in [2.24, 2.45) is 0 Å². The summed E-state index contributed by atoms with van der Waals surface area (Å²) >= 11 is 0. The third-order valence-corrected chi connectivity index (χ3v) is 0. The molecule has 0 unspecified atom stereocenters. The van der Waals surface area contributed by atoms with Crippen LogP contribution in [0.3, 0.4) is 0 Å². The predicted octanol–water partition coefficient (Wildman–Crippen LogP) is -0.811. The van der Waals surface area contributed by atoms with Crippen molar-refractivity contribution < 1.29 is 53.6 Å². The predicted molar refractivity (Wildman–Crippen MR) is 18.9 cm³/mol. The van der Waals surface area contributed by atoms with Crippen LogP contribution in [0.4, 0.5) is 0 Å². The summed E-state index contributed by atoms with van der Waals surface area (Å²) < 4.78 is 0. The Kier molecular flexibility index (Phi) is 267. The molecule has 0 bridgehead atoms. The Balaban J connectivity index is 0. The van der Waals surface area contributed by atoms with E-state index in [1.54, 1.807) is 0 Å². The Bertz CT molecular complexity index is 9.61. The summed E-state index contributed by atoms with van der Waals surface area (Å²) in [6.07, 6.45) is 0. The van der Waals surface area contributed by atoms with Crippen molar-refractivity contribution in [1.82, 2.24) is 0 Å². The molecule has 5 heteroatoms.